The molecule has 2 aromatic rings. The summed E-state index contributed by atoms with van der Waals surface area (Å²) < 4.78 is 11.1. The second-order valence-corrected chi connectivity index (χ2v) is 5.77. The van der Waals surface area contributed by atoms with E-state index in [1.54, 1.807) is 19.2 Å². The van der Waals surface area contributed by atoms with E-state index in [-0.39, 0.29) is 5.91 Å². The number of hydrogen-bond acceptors (Lipinski definition) is 3. The Bertz CT molecular complexity index is 658. The lowest BCUT2D eigenvalue weighted by molar-refractivity contribution is -0.128. The Hall–Kier alpha value is -2.20. The van der Waals surface area contributed by atoms with Gasteiger partial charge in [0.2, 0.25) is 0 Å². The zero-order valence-corrected chi connectivity index (χ0v) is 14.7. The zero-order valence-electron chi connectivity index (χ0n) is 13.9. The summed E-state index contributed by atoms with van der Waals surface area (Å²) in [6.07, 6.45) is 0.769. The van der Waals surface area contributed by atoms with Gasteiger partial charge < -0.3 is 14.8 Å². The highest BCUT2D eigenvalue weighted by molar-refractivity contribution is 6.30. The van der Waals surface area contributed by atoms with Gasteiger partial charge in [0.05, 0.1) is 7.11 Å². The maximum atomic E-state index is 12.3. The molecular formula is C19H22ClNO3. The topological polar surface area (TPSA) is 47.6 Å². The second-order valence-electron chi connectivity index (χ2n) is 5.33. The van der Waals surface area contributed by atoms with Crippen molar-refractivity contribution >= 4 is 17.5 Å². The molecule has 2 aromatic carbocycles. The maximum Gasteiger partial charge on any atom is 0.261 e. The van der Waals surface area contributed by atoms with Gasteiger partial charge in [0.25, 0.3) is 5.91 Å². The van der Waals surface area contributed by atoms with Crippen LogP contribution in [0.2, 0.25) is 5.02 Å². The molecule has 0 aliphatic carbocycles. The van der Waals surface area contributed by atoms with Crippen molar-refractivity contribution in [2.75, 3.05) is 13.7 Å². The lowest BCUT2D eigenvalue weighted by Crippen LogP contribution is -2.39. The number of halogens is 1. The van der Waals surface area contributed by atoms with Crippen LogP contribution in [0.15, 0.2) is 48.5 Å². The molecule has 0 unspecified atom stereocenters. The van der Waals surface area contributed by atoms with Gasteiger partial charge in [-0.25, -0.2) is 0 Å². The highest BCUT2D eigenvalue weighted by atomic mass is 35.5. The predicted octanol–water partition coefficient (Wildman–Crippen LogP) is 3.86. The molecule has 2 rings (SSSR count). The van der Waals surface area contributed by atoms with Gasteiger partial charge in [-0.2, -0.15) is 0 Å². The van der Waals surface area contributed by atoms with Crippen LogP contribution in [0.4, 0.5) is 0 Å². The molecule has 1 N–H and O–H groups in total. The van der Waals surface area contributed by atoms with Gasteiger partial charge in [-0.15, -0.1) is 0 Å². The minimum Gasteiger partial charge on any atom is -0.493 e. The zero-order chi connectivity index (χ0) is 17.4. The van der Waals surface area contributed by atoms with E-state index in [2.05, 4.69) is 5.32 Å². The molecule has 128 valence electrons. The van der Waals surface area contributed by atoms with Crippen LogP contribution >= 0.6 is 11.6 Å². The Labute approximate surface area is 147 Å². The summed E-state index contributed by atoms with van der Waals surface area (Å²) in [6, 6.07) is 14.9. The maximum absolute atomic E-state index is 12.3. The lowest BCUT2D eigenvalue weighted by Gasteiger charge is -2.18. The van der Waals surface area contributed by atoms with Crippen molar-refractivity contribution in [1.82, 2.24) is 5.32 Å². The molecule has 4 nitrogen and oxygen atoms in total. The van der Waals surface area contributed by atoms with Crippen molar-refractivity contribution in [3.8, 4) is 11.5 Å². The molecule has 0 radical (unpaired) electrons. The monoisotopic (exact) mass is 347 g/mol. The molecule has 1 atom stereocenters. The summed E-state index contributed by atoms with van der Waals surface area (Å²) in [6.45, 7) is 2.46. The number of rotatable bonds is 8. The van der Waals surface area contributed by atoms with Gasteiger partial charge in [-0.1, -0.05) is 42.8 Å². The van der Waals surface area contributed by atoms with Crippen molar-refractivity contribution < 1.29 is 14.3 Å². The van der Waals surface area contributed by atoms with Crippen LogP contribution in [0, 0.1) is 0 Å². The van der Waals surface area contributed by atoms with Gasteiger partial charge in [-0.3, -0.25) is 4.79 Å². The fourth-order valence-corrected chi connectivity index (χ4v) is 2.41. The normalized spacial score (nSPS) is 11.6. The first-order chi connectivity index (χ1) is 11.6. The van der Waals surface area contributed by atoms with Crippen LogP contribution in [-0.2, 0) is 11.2 Å². The van der Waals surface area contributed by atoms with Gasteiger partial charge in [0.1, 0.15) is 0 Å². The summed E-state index contributed by atoms with van der Waals surface area (Å²) in [5.41, 5.74) is 1.12. The van der Waals surface area contributed by atoms with Crippen molar-refractivity contribution in [2.45, 2.75) is 25.9 Å². The lowest BCUT2D eigenvalue weighted by atomic mass is 10.1. The number of carbonyl (C=O) groups is 1. The third kappa shape index (κ3) is 5.17. The van der Waals surface area contributed by atoms with E-state index >= 15 is 0 Å². The van der Waals surface area contributed by atoms with Crippen LogP contribution < -0.4 is 14.8 Å². The Balaban J connectivity index is 1.88. The van der Waals surface area contributed by atoms with Crippen LogP contribution in [0.1, 0.15) is 18.9 Å². The molecule has 1 amide bonds. The van der Waals surface area contributed by atoms with E-state index in [0.717, 1.165) is 12.0 Å². The Kier molecular flexibility index (Phi) is 6.94. The van der Waals surface area contributed by atoms with Gasteiger partial charge in [0.15, 0.2) is 17.6 Å². The average molecular weight is 348 g/mol. The molecule has 5 heteroatoms. The first kappa shape index (κ1) is 18.1. The molecule has 0 saturated heterocycles. The number of ether oxygens (including phenoxy) is 2. The Morgan fingerprint density at radius 2 is 1.79 bits per heavy atom. The van der Waals surface area contributed by atoms with Gasteiger partial charge in [-0.05, 0) is 42.7 Å². The minimum atomic E-state index is -0.550. The van der Waals surface area contributed by atoms with Gasteiger partial charge >= 0.3 is 0 Å². The summed E-state index contributed by atoms with van der Waals surface area (Å²) >= 11 is 5.86. The minimum absolute atomic E-state index is 0.127. The van der Waals surface area contributed by atoms with E-state index in [4.69, 9.17) is 21.1 Å². The average Bonchev–Trinajstić information content (AvgIpc) is 2.61. The highest BCUT2D eigenvalue weighted by Crippen LogP contribution is 2.27. The Morgan fingerprint density at radius 1 is 1.12 bits per heavy atom. The van der Waals surface area contributed by atoms with Gasteiger partial charge in [0, 0.05) is 11.6 Å². The molecule has 0 spiro atoms. The van der Waals surface area contributed by atoms with Crippen molar-refractivity contribution in [2.24, 2.45) is 0 Å². The smallest absolute Gasteiger partial charge is 0.261 e. The molecule has 24 heavy (non-hydrogen) atoms. The van der Waals surface area contributed by atoms with Crippen molar-refractivity contribution in [3.05, 3.63) is 59.1 Å². The summed E-state index contributed by atoms with van der Waals surface area (Å²) in [5.74, 6) is 1.06. The highest BCUT2D eigenvalue weighted by Gasteiger charge is 2.19. The number of carbonyl (C=O) groups excluding carboxylic acids is 1. The first-order valence-corrected chi connectivity index (χ1v) is 8.33. The summed E-state index contributed by atoms with van der Waals surface area (Å²) in [7, 11) is 1.58. The number of nitrogens with one attached hydrogen (secondary N) is 1. The fourth-order valence-electron chi connectivity index (χ4n) is 2.29. The summed E-state index contributed by atoms with van der Waals surface area (Å²) in [4.78, 5) is 12.3. The molecule has 0 aromatic heterocycles. The molecule has 0 aliphatic heterocycles. The first-order valence-electron chi connectivity index (χ1n) is 7.96. The SMILES string of the molecule is CC[C@@H](Oc1ccccc1OC)C(=O)NCCc1ccc(Cl)cc1. The number of benzene rings is 2. The largest absolute Gasteiger partial charge is 0.493 e. The van der Waals surface area contributed by atoms with E-state index in [9.17, 15) is 4.79 Å². The van der Waals surface area contributed by atoms with Crippen LogP contribution in [0.5, 0.6) is 11.5 Å². The molecule has 0 aliphatic rings. The van der Waals surface area contributed by atoms with E-state index in [1.165, 1.54) is 0 Å². The molecule has 0 fully saturated rings. The number of hydrogen-bond donors (Lipinski definition) is 1. The molecule has 0 bridgehead atoms. The quantitative estimate of drug-likeness (QED) is 0.788. The van der Waals surface area contributed by atoms with E-state index in [1.807, 2.05) is 43.3 Å². The number of amides is 1. The van der Waals surface area contributed by atoms with Crippen molar-refractivity contribution in [3.63, 3.8) is 0 Å². The third-order valence-electron chi connectivity index (χ3n) is 3.63. The number of methoxy groups -OCH3 is 1. The molecule has 0 saturated carbocycles. The molecule has 0 heterocycles. The second kappa shape index (κ2) is 9.18. The van der Waals surface area contributed by atoms with Crippen LogP contribution in [0.25, 0.3) is 0 Å². The third-order valence-corrected chi connectivity index (χ3v) is 3.88. The number of para-hydroxylation sites is 2. The van der Waals surface area contributed by atoms with E-state index in [0.29, 0.717) is 29.5 Å². The fraction of sp³-hybridized carbons (Fsp3) is 0.316. The van der Waals surface area contributed by atoms with Crippen LogP contribution in [-0.4, -0.2) is 25.7 Å². The predicted molar refractivity (Wildman–Crippen MR) is 95.9 cm³/mol. The van der Waals surface area contributed by atoms with Crippen LogP contribution in [0.3, 0.4) is 0 Å². The Morgan fingerprint density at radius 3 is 2.42 bits per heavy atom. The van der Waals surface area contributed by atoms with Crippen molar-refractivity contribution in [1.29, 1.82) is 0 Å². The van der Waals surface area contributed by atoms with E-state index < -0.39 is 6.10 Å². The standard InChI is InChI=1S/C19H22ClNO3/c1-3-16(24-18-7-5-4-6-17(18)23-2)19(22)21-13-12-14-8-10-15(20)11-9-14/h4-11,16H,3,12-13H2,1-2H3,(H,21,22)/t16-/m1/s1. The molecular weight excluding hydrogens is 326 g/mol. The summed E-state index contributed by atoms with van der Waals surface area (Å²) in [5, 5.41) is 3.62.